The zero-order valence-electron chi connectivity index (χ0n) is 10.2. The van der Waals surface area contributed by atoms with Crippen LogP contribution < -0.4 is 5.73 Å². The van der Waals surface area contributed by atoms with E-state index in [1.165, 1.54) is 24.0 Å². The molecule has 0 aliphatic heterocycles. The van der Waals surface area contributed by atoms with Crippen LogP contribution in [-0.2, 0) is 26.8 Å². The number of aryl methyl sites for hydroxylation is 1. The molecule has 95 valence electrons. The zero-order chi connectivity index (χ0) is 11.6. The molecule has 0 heterocycles. The van der Waals surface area contributed by atoms with Gasteiger partial charge in [0.15, 0.2) is 0 Å². The van der Waals surface area contributed by atoms with Gasteiger partial charge in [-0.05, 0) is 25.7 Å². The van der Waals surface area contributed by atoms with Crippen molar-refractivity contribution in [3.8, 4) is 0 Å². The van der Waals surface area contributed by atoms with Crippen molar-refractivity contribution in [2.45, 2.75) is 44.1 Å². The maximum atomic E-state index is 9.24. The van der Waals surface area contributed by atoms with Crippen molar-refractivity contribution >= 4 is 0 Å². The molecule has 0 amide bonds. The number of aliphatic hydroxyl groups is 1. The van der Waals surface area contributed by atoms with E-state index in [2.05, 4.69) is 18.2 Å². The first-order chi connectivity index (χ1) is 7.62. The van der Waals surface area contributed by atoms with Gasteiger partial charge in [0, 0.05) is 26.0 Å². The van der Waals surface area contributed by atoms with Crippen LogP contribution in [0.15, 0.2) is 18.2 Å². The Labute approximate surface area is 117 Å². The van der Waals surface area contributed by atoms with E-state index in [9.17, 15) is 5.11 Å². The summed E-state index contributed by atoms with van der Waals surface area (Å²) in [5.74, 6) is 0.500. The van der Waals surface area contributed by atoms with Gasteiger partial charge in [0.1, 0.15) is 0 Å². The normalized spacial score (nSPS) is 22.2. The topological polar surface area (TPSA) is 46.2 Å². The van der Waals surface area contributed by atoms with Crippen LogP contribution in [0, 0.1) is 6.07 Å². The second kappa shape index (κ2) is 6.11. The number of hydrogen-bond acceptors (Lipinski definition) is 2. The summed E-state index contributed by atoms with van der Waals surface area (Å²) >= 11 is 0. The molecule has 0 bridgehead atoms. The summed E-state index contributed by atoms with van der Waals surface area (Å²) in [5, 5.41) is 9.24. The molecule has 1 aliphatic carbocycles. The van der Waals surface area contributed by atoms with Crippen molar-refractivity contribution in [2.75, 3.05) is 6.61 Å². The summed E-state index contributed by atoms with van der Waals surface area (Å²) in [6, 6.07) is 9.36. The van der Waals surface area contributed by atoms with E-state index in [-0.39, 0.29) is 27.0 Å². The van der Waals surface area contributed by atoms with Crippen LogP contribution in [0.4, 0.5) is 0 Å². The van der Waals surface area contributed by atoms with E-state index in [0.29, 0.717) is 5.92 Å². The number of rotatable bonds is 3. The number of aliphatic hydroxyl groups excluding tert-OH is 1. The second-order valence-electron chi connectivity index (χ2n) is 5.23. The molecule has 2 nitrogen and oxygen atoms in total. The molecular formula is C14H20NORe-. The van der Waals surface area contributed by atoms with Crippen LogP contribution in [0.25, 0.3) is 0 Å². The Bertz CT molecular complexity index is 365. The van der Waals surface area contributed by atoms with Crippen LogP contribution in [0.1, 0.15) is 43.2 Å². The molecule has 0 saturated heterocycles. The molecule has 0 unspecified atom stereocenters. The Morgan fingerprint density at radius 1 is 1.59 bits per heavy atom. The van der Waals surface area contributed by atoms with Gasteiger partial charge in [0.05, 0.1) is 6.61 Å². The Kier molecular flexibility index (Phi) is 5.34. The van der Waals surface area contributed by atoms with Gasteiger partial charge in [-0.25, -0.2) is 0 Å². The molecule has 3 heteroatoms. The molecule has 2 atom stereocenters. The maximum absolute atomic E-state index is 9.24. The zero-order valence-corrected chi connectivity index (χ0v) is 13.0. The molecule has 1 aliphatic rings. The van der Waals surface area contributed by atoms with Crippen LogP contribution in [0.3, 0.4) is 0 Å². The van der Waals surface area contributed by atoms with Crippen LogP contribution >= 0.6 is 0 Å². The summed E-state index contributed by atoms with van der Waals surface area (Å²) in [6.07, 6.45) is 4.42. The predicted octanol–water partition coefficient (Wildman–Crippen LogP) is 2.00. The monoisotopic (exact) mass is 405 g/mol. The Balaban J connectivity index is 0.00000144. The van der Waals surface area contributed by atoms with E-state index in [1.807, 2.05) is 13.0 Å². The fourth-order valence-corrected chi connectivity index (χ4v) is 2.63. The van der Waals surface area contributed by atoms with Gasteiger partial charge in [-0.3, -0.25) is 0 Å². The largest absolute Gasteiger partial charge is 0.394 e. The van der Waals surface area contributed by atoms with Crippen molar-refractivity contribution in [1.82, 2.24) is 0 Å². The second-order valence-corrected chi connectivity index (χ2v) is 5.23. The smallest absolute Gasteiger partial charge is 0.0608 e. The van der Waals surface area contributed by atoms with Crippen molar-refractivity contribution in [3.05, 3.63) is 35.4 Å². The number of benzene rings is 1. The quantitative estimate of drug-likeness (QED) is 0.757. The minimum atomic E-state index is -0.459. The van der Waals surface area contributed by atoms with Crippen LogP contribution in [-0.4, -0.2) is 17.3 Å². The van der Waals surface area contributed by atoms with E-state index in [0.717, 1.165) is 12.8 Å². The van der Waals surface area contributed by atoms with Gasteiger partial charge in [0.2, 0.25) is 0 Å². The molecule has 2 rings (SSSR count). The van der Waals surface area contributed by atoms with E-state index < -0.39 is 5.54 Å². The Morgan fingerprint density at radius 2 is 2.35 bits per heavy atom. The average molecular weight is 405 g/mol. The van der Waals surface area contributed by atoms with Crippen molar-refractivity contribution in [3.63, 3.8) is 0 Å². The molecule has 0 spiro atoms. The molecule has 3 N–H and O–H groups in total. The van der Waals surface area contributed by atoms with Crippen molar-refractivity contribution in [1.29, 1.82) is 0 Å². The Hall–Kier alpha value is -0.198. The first-order valence-corrected chi connectivity index (χ1v) is 6.01. The Morgan fingerprint density at radius 3 is 3.06 bits per heavy atom. The first-order valence-electron chi connectivity index (χ1n) is 6.01. The van der Waals surface area contributed by atoms with Gasteiger partial charge in [-0.15, -0.1) is 0 Å². The third-order valence-electron chi connectivity index (χ3n) is 3.50. The summed E-state index contributed by atoms with van der Waals surface area (Å²) in [4.78, 5) is 0. The molecule has 1 aromatic carbocycles. The SMILES string of the molecule is C[C@@](N)(CO)C[C@H]1CCCc2c[c-]ccc21.[Re]. The molecule has 0 saturated carbocycles. The minimum absolute atomic E-state index is 0. The minimum Gasteiger partial charge on any atom is -0.394 e. The standard InChI is InChI=1S/C14H20NO.Re/c1-14(15,10-16)9-12-7-4-6-11-5-2-3-8-13(11)12;/h3,5,8,12,16H,4,6-7,9-10,15H2,1H3;/q-1;/t12-,14+;/m1./s1. The van der Waals surface area contributed by atoms with Crippen molar-refractivity contribution in [2.24, 2.45) is 5.73 Å². The fourth-order valence-electron chi connectivity index (χ4n) is 2.63. The number of fused-ring (bicyclic) bond motifs is 1. The predicted molar refractivity (Wildman–Crippen MR) is 65.3 cm³/mol. The fraction of sp³-hybridized carbons (Fsp3) is 0.571. The third-order valence-corrected chi connectivity index (χ3v) is 3.50. The summed E-state index contributed by atoms with van der Waals surface area (Å²) in [7, 11) is 0. The number of hydrogen-bond donors (Lipinski definition) is 2. The molecule has 1 radical (unpaired) electrons. The maximum Gasteiger partial charge on any atom is 0.0608 e. The molecular weight excluding hydrogens is 384 g/mol. The van der Waals surface area contributed by atoms with Crippen LogP contribution in [0.5, 0.6) is 0 Å². The van der Waals surface area contributed by atoms with Crippen molar-refractivity contribution < 1.29 is 25.5 Å². The molecule has 1 aromatic rings. The van der Waals surface area contributed by atoms with Gasteiger partial charge >= 0.3 is 0 Å². The van der Waals surface area contributed by atoms with E-state index in [4.69, 9.17) is 5.73 Å². The third kappa shape index (κ3) is 3.63. The van der Waals surface area contributed by atoms with Gasteiger partial charge in [0.25, 0.3) is 0 Å². The average Bonchev–Trinajstić information content (AvgIpc) is 2.29. The number of nitrogens with two attached hydrogens (primary N) is 1. The molecule has 17 heavy (non-hydrogen) atoms. The van der Waals surface area contributed by atoms with E-state index >= 15 is 0 Å². The first kappa shape index (κ1) is 14.9. The van der Waals surface area contributed by atoms with Gasteiger partial charge in [-0.1, -0.05) is 12.8 Å². The van der Waals surface area contributed by atoms with E-state index in [1.54, 1.807) is 0 Å². The summed E-state index contributed by atoms with van der Waals surface area (Å²) < 4.78 is 0. The molecule has 0 aromatic heterocycles. The molecule has 0 fully saturated rings. The summed E-state index contributed by atoms with van der Waals surface area (Å²) in [6.45, 7) is 1.98. The summed E-state index contributed by atoms with van der Waals surface area (Å²) in [5.41, 5.74) is 8.41. The van der Waals surface area contributed by atoms with Gasteiger partial charge in [-0.2, -0.15) is 35.4 Å². The van der Waals surface area contributed by atoms with Gasteiger partial charge < -0.3 is 10.8 Å². The van der Waals surface area contributed by atoms with Crippen LogP contribution in [0.2, 0.25) is 0 Å².